The average molecular weight is 352 g/mol. The maximum Gasteiger partial charge on any atom is 0.191 e. The van der Waals surface area contributed by atoms with Crippen LogP contribution in [0.2, 0.25) is 5.02 Å². The summed E-state index contributed by atoms with van der Waals surface area (Å²) in [7, 11) is 0. The zero-order valence-electron chi connectivity index (χ0n) is 15.0. The van der Waals surface area contributed by atoms with Crippen LogP contribution in [0.4, 0.5) is 0 Å². The molecule has 1 saturated carbocycles. The van der Waals surface area contributed by atoms with Crippen LogP contribution in [0.5, 0.6) is 0 Å². The summed E-state index contributed by atoms with van der Waals surface area (Å²) in [6.07, 6.45) is 3.56. The maximum atomic E-state index is 9.64. The van der Waals surface area contributed by atoms with Gasteiger partial charge >= 0.3 is 0 Å². The third kappa shape index (κ3) is 5.38. The maximum absolute atomic E-state index is 9.64. The number of aliphatic imine (C=N–C) groups is 1. The second kappa shape index (κ2) is 8.72. The first-order valence-corrected chi connectivity index (χ1v) is 9.28. The number of aliphatic hydroxyl groups is 1. The lowest BCUT2D eigenvalue weighted by Gasteiger charge is -2.29. The van der Waals surface area contributed by atoms with Crippen LogP contribution in [-0.2, 0) is 5.41 Å². The van der Waals surface area contributed by atoms with Crippen molar-refractivity contribution in [1.82, 2.24) is 10.6 Å². The molecule has 0 aliphatic heterocycles. The summed E-state index contributed by atoms with van der Waals surface area (Å²) in [5, 5.41) is 17.3. The van der Waals surface area contributed by atoms with Crippen molar-refractivity contribution in [2.45, 2.75) is 64.0 Å². The van der Waals surface area contributed by atoms with E-state index >= 15 is 0 Å². The number of aliphatic hydroxyl groups excluding tert-OH is 1. The lowest BCUT2D eigenvalue weighted by molar-refractivity contribution is 0.120. The molecule has 1 fully saturated rings. The molecule has 134 valence electrons. The predicted molar refractivity (Wildman–Crippen MR) is 102 cm³/mol. The molecular formula is C19H30ClN3O. The highest BCUT2D eigenvalue weighted by atomic mass is 35.5. The molecule has 2 rings (SSSR count). The summed E-state index contributed by atoms with van der Waals surface area (Å²) in [6.45, 7) is 7.88. The molecule has 0 saturated heterocycles. The summed E-state index contributed by atoms with van der Waals surface area (Å²) in [5.74, 6) is 0.846. The van der Waals surface area contributed by atoms with E-state index in [1.807, 2.05) is 18.2 Å². The largest absolute Gasteiger partial charge is 0.393 e. The number of hydrogen-bond donors (Lipinski definition) is 3. The Bertz CT molecular complexity index is 551. The van der Waals surface area contributed by atoms with Crippen molar-refractivity contribution in [1.29, 1.82) is 0 Å². The van der Waals surface area contributed by atoms with E-state index in [1.165, 1.54) is 0 Å². The molecule has 5 heteroatoms. The van der Waals surface area contributed by atoms with Crippen LogP contribution in [0.1, 0.15) is 52.0 Å². The highest BCUT2D eigenvalue weighted by Crippen LogP contribution is 2.29. The van der Waals surface area contributed by atoms with Crippen molar-refractivity contribution >= 4 is 17.6 Å². The standard InChI is InChI=1S/C19H30ClN3O/c1-4-21-18(23-14-9-11-15(24)12-10-14)22-13-19(2,3)16-7-5-6-8-17(16)20/h5-8,14-15,24H,4,9-13H2,1-3H3,(H2,21,22,23). The molecule has 1 aliphatic rings. The van der Waals surface area contributed by atoms with Crippen LogP contribution in [0.25, 0.3) is 0 Å². The summed E-state index contributed by atoms with van der Waals surface area (Å²) < 4.78 is 0. The molecule has 0 amide bonds. The molecule has 0 aromatic heterocycles. The van der Waals surface area contributed by atoms with Gasteiger partial charge in [0.2, 0.25) is 0 Å². The molecule has 0 bridgehead atoms. The zero-order chi connectivity index (χ0) is 17.6. The Hall–Kier alpha value is -1.26. The number of benzene rings is 1. The zero-order valence-corrected chi connectivity index (χ0v) is 15.7. The van der Waals surface area contributed by atoms with Crippen molar-refractivity contribution in [3.63, 3.8) is 0 Å². The fraction of sp³-hybridized carbons (Fsp3) is 0.632. The van der Waals surface area contributed by atoms with Gasteiger partial charge in [0.05, 0.1) is 12.6 Å². The van der Waals surface area contributed by atoms with Gasteiger partial charge in [0.15, 0.2) is 5.96 Å². The van der Waals surface area contributed by atoms with Crippen molar-refractivity contribution in [3.05, 3.63) is 34.9 Å². The van der Waals surface area contributed by atoms with E-state index in [1.54, 1.807) is 0 Å². The molecule has 0 radical (unpaired) electrons. The molecular weight excluding hydrogens is 322 g/mol. The minimum atomic E-state index is -0.137. The van der Waals surface area contributed by atoms with Gasteiger partial charge in [0.1, 0.15) is 0 Å². The number of rotatable bonds is 5. The average Bonchev–Trinajstić information content (AvgIpc) is 2.55. The van der Waals surface area contributed by atoms with Gasteiger partial charge in [-0.3, -0.25) is 4.99 Å². The molecule has 1 aromatic carbocycles. The third-order valence-electron chi connectivity index (χ3n) is 4.62. The van der Waals surface area contributed by atoms with Crippen LogP contribution in [0.15, 0.2) is 29.3 Å². The Morgan fingerprint density at radius 3 is 2.54 bits per heavy atom. The lowest BCUT2D eigenvalue weighted by Crippen LogP contribution is -2.45. The Balaban J connectivity index is 2.03. The molecule has 3 N–H and O–H groups in total. The smallest absolute Gasteiger partial charge is 0.191 e. The van der Waals surface area contributed by atoms with Gasteiger partial charge in [-0.05, 0) is 44.2 Å². The van der Waals surface area contributed by atoms with Crippen LogP contribution >= 0.6 is 11.6 Å². The van der Waals surface area contributed by atoms with E-state index in [0.29, 0.717) is 12.6 Å². The van der Waals surface area contributed by atoms with Gasteiger partial charge in [-0.15, -0.1) is 0 Å². The highest BCUT2D eigenvalue weighted by Gasteiger charge is 2.24. The second-order valence-electron chi connectivity index (χ2n) is 7.21. The minimum Gasteiger partial charge on any atom is -0.393 e. The molecule has 24 heavy (non-hydrogen) atoms. The Kier molecular flexibility index (Phi) is 6.93. The number of halogens is 1. The van der Waals surface area contributed by atoms with Gasteiger partial charge in [-0.2, -0.15) is 0 Å². The highest BCUT2D eigenvalue weighted by molar-refractivity contribution is 6.31. The number of hydrogen-bond acceptors (Lipinski definition) is 2. The van der Waals surface area contributed by atoms with Gasteiger partial charge in [0.25, 0.3) is 0 Å². The Morgan fingerprint density at radius 1 is 1.25 bits per heavy atom. The lowest BCUT2D eigenvalue weighted by atomic mass is 9.85. The van der Waals surface area contributed by atoms with E-state index in [0.717, 1.165) is 48.8 Å². The number of nitrogens with one attached hydrogen (secondary N) is 2. The fourth-order valence-corrected chi connectivity index (χ4v) is 3.50. The SMILES string of the molecule is CCNC(=NCC(C)(C)c1ccccc1Cl)NC1CCC(O)CC1. The van der Waals surface area contributed by atoms with Gasteiger partial charge in [0, 0.05) is 23.0 Å². The number of guanidine groups is 1. The molecule has 0 unspecified atom stereocenters. The summed E-state index contributed by atoms with van der Waals surface area (Å²) in [6, 6.07) is 8.35. The van der Waals surface area contributed by atoms with E-state index in [2.05, 4.69) is 37.5 Å². The Morgan fingerprint density at radius 2 is 1.92 bits per heavy atom. The van der Waals surface area contributed by atoms with E-state index < -0.39 is 0 Å². The first-order chi connectivity index (χ1) is 11.4. The Labute approximate surface area is 150 Å². The van der Waals surface area contributed by atoms with Crippen molar-refractivity contribution in [2.75, 3.05) is 13.1 Å². The predicted octanol–water partition coefficient (Wildman–Crippen LogP) is 3.48. The van der Waals surface area contributed by atoms with Crippen LogP contribution < -0.4 is 10.6 Å². The third-order valence-corrected chi connectivity index (χ3v) is 4.95. The van der Waals surface area contributed by atoms with Crippen molar-refractivity contribution in [2.24, 2.45) is 4.99 Å². The van der Waals surface area contributed by atoms with Gasteiger partial charge < -0.3 is 15.7 Å². The molecule has 0 spiro atoms. The molecule has 1 aliphatic carbocycles. The number of nitrogens with zero attached hydrogens (tertiary/aromatic N) is 1. The van der Waals surface area contributed by atoms with Crippen molar-refractivity contribution < 1.29 is 5.11 Å². The molecule has 1 aromatic rings. The fourth-order valence-electron chi connectivity index (χ4n) is 3.11. The summed E-state index contributed by atoms with van der Waals surface area (Å²) >= 11 is 6.35. The van der Waals surface area contributed by atoms with Crippen LogP contribution in [0, 0.1) is 0 Å². The first-order valence-electron chi connectivity index (χ1n) is 8.90. The normalized spacial score (nSPS) is 22.3. The summed E-state index contributed by atoms with van der Waals surface area (Å²) in [5.41, 5.74) is 0.982. The first kappa shape index (κ1) is 19.1. The monoisotopic (exact) mass is 351 g/mol. The second-order valence-corrected chi connectivity index (χ2v) is 7.62. The van der Waals surface area contributed by atoms with Gasteiger partial charge in [-0.1, -0.05) is 43.6 Å². The summed E-state index contributed by atoms with van der Waals surface area (Å²) in [4.78, 5) is 4.79. The van der Waals surface area contributed by atoms with E-state index in [9.17, 15) is 5.11 Å². The quantitative estimate of drug-likeness (QED) is 0.562. The molecule has 4 nitrogen and oxygen atoms in total. The van der Waals surface area contributed by atoms with Crippen molar-refractivity contribution in [3.8, 4) is 0 Å². The molecule has 0 atom stereocenters. The van der Waals surface area contributed by atoms with E-state index in [4.69, 9.17) is 16.6 Å². The van der Waals surface area contributed by atoms with Crippen LogP contribution in [0.3, 0.4) is 0 Å². The minimum absolute atomic E-state index is 0.135. The molecule has 0 heterocycles. The van der Waals surface area contributed by atoms with Crippen LogP contribution in [-0.4, -0.2) is 36.3 Å². The van der Waals surface area contributed by atoms with E-state index in [-0.39, 0.29) is 11.5 Å². The van der Waals surface area contributed by atoms with Gasteiger partial charge in [-0.25, -0.2) is 0 Å². The topological polar surface area (TPSA) is 56.7 Å².